The fourth-order valence-corrected chi connectivity index (χ4v) is 4.08. The molecule has 0 saturated heterocycles. The van der Waals surface area contributed by atoms with Crippen LogP contribution < -0.4 is 4.90 Å². The summed E-state index contributed by atoms with van der Waals surface area (Å²) in [7, 11) is 1.64. The highest BCUT2D eigenvalue weighted by atomic mass is 35.5. The van der Waals surface area contributed by atoms with E-state index in [2.05, 4.69) is 9.97 Å². The van der Waals surface area contributed by atoms with Gasteiger partial charge >= 0.3 is 0 Å². The van der Waals surface area contributed by atoms with Crippen LogP contribution in [0.5, 0.6) is 0 Å². The Balaban J connectivity index is 2.04. The monoisotopic (exact) mass is 421 g/mol. The number of hydrogen-bond acceptors (Lipinski definition) is 4. The van der Waals surface area contributed by atoms with Crippen LogP contribution in [0.1, 0.15) is 0 Å². The molecule has 0 amide bonds. The number of fused-ring (bicyclic) bond motifs is 1. The molecule has 0 aliphatic heterocycles. The number of thiophene rings is 1. The van der Waals surface area contributed by atoms with Crippen molar-refractivity contribution in [1.29, 1.82) is 0 Å². The van der Waals surface area contributed by atoms with E-state index in [1.165, 1.54) is 28.5 Å². The van der Waals surface area contributed by atoms with Gasteiger partial charge in [-0.15, -0.1) is 11.3 Å². The molecule has 4 rings (SSSR count). The van der Waals surface area contributed by atoms with Crippen LogP contribution in [0, 0.1) is 11.6 Å². The molecular weight excluding hydrogens is 411 g/mol. The zero-order chi connectivity index (χ0) is 19.1. The van der Waals surface area contributed by atoms with Gasteiger partial charge in [0.25, 0.3) is 0 Å². The van der Waals surface area contributed by atoms with Crippen LogP contribution in [0.4, 0.5) is 20.2 Å². The van der Waals surface area contributed by atoms with Crippen LogP contribution in [0.15, 0.2) is 48.7 Å². The van der Waals surface area contributed by atoms with Gasteiger partial charge in [0.05, 0.1) is 25.8 Å². The van der Waals surface area contributed by atoms with Gasteiger partial charge in [-0.3, -0.25) is 0 Å². The fourth-order valence-electron chi connectivity index (χ4n) is 2.88. The molecule has 0 bridgehead atoms. The topological polar surface area (TPSA) is 29.0 Å². The number of halogens is 4. The van der Waals surface area contributed by atoms with E-state index < -0.39 is 11.6 Å². The Hall–Kier alpha value is -2.28. The lowest BCUT2D eigenvalue weighted by molar-refractivity contribution is 0.620. The molecule has 4 aromatic rings. The van der Waals surface area contributed by atoms with Gasteiger partial charge in [0.1, 0.15) is 16.7 Å². The molecule has 0 aliphatic rings. The molecular formula is C19H11Cl2F2N3S. The predicted molar refractivity (Wildman–Crippen MR) is 107 cm³/mol. The van der Waals surface area contributed by atoms with Crippen LogP contribution in [0.3, 0.4) is 0 Å². The van der Waals surface area contributed by atoms with Gasteiger partial charge in [0.15, 0.2) is 5.82 Å². The quantitative estimate of drug-likeness (QED) is 0.344. The van der Waals surface area contributed by atoms with E-state index >= 15 is 4.39 Å². The van der Waals surface area contributed by atoms with E-state index in [9.17, 15) is 4.39 Å². The summed E-state index contributed by atoms with van der Waals surface area (Å²) in [6.07, 6.45) is 1.51. The zero-order valence-corrected chi connectivity index (χ0v) is 16.2. The second-order valence-electron chi connectivity index (χ2n) is 5.76. The molecule has 136 valence electrons. The van der Waals surface area contributed by atoms with E-state index in [1.807, 2.05) is 0 Å². The van der Waals surface area contributed by atoms with Crippen molar-refractivity contribution in [2.45, 2.75) is 0 Å². The first kappa shape index (κ1) is 18.1. The van der Waals surface area contributed by atoms with Crippen molar-refractivity contribution in [1.82, 2.24) is 9.97 Å². The first-order valence-corrected chi connectivity index (χ1v) is 9.41. The van der Waals surface area contributed by atoms with Crippen molar-refractivity contribution >= 4 is 56.8 Å². The number of pyridine rings is 2. The molecule has 0 fully saturated rings. The van der Waals surface area contributed by atoms with Gasteiger partial charge in [0.2, 0.25) is 0 Å². The molecule has 0 saturated carbocycles. The first-order valence-electron chi connectivity index (χ1n) is 7.84. The second-order valence-corrected chi connectivity index (χ2v) is 7.86. The summed E-state index contributed by atoms with van der Waals surface area (Å²) in [5.41, 5.74) is 1.10. The minimum atomic E-state index is -0.637. The molecule has 8 heteroatoms. The minimum absolute atomic E-state index is 0.0693. The molecule has 3 nitrogen and oxygen atoms in total. The fraction of sp³-hybridized carbons (Fsp3) is 0.0526. The van der Waals surface area contributed by atoms with E-state index in [0.29, 0.717) is 20.4 Å². The van der Waals surface area contributed by atoms with Gasteiger partial charge in [0, 0.05) is 18.9 Å². The van der Waals surface area contributed by atoms with Crippen LogP contribution in [-0.2, 0) is 0 Å². The van der Waals surface area contributed by atoms with Crippen molar-refractivity contribution < 1.29 is 8.78 Å². The normalized spacial score (nSPS) is 11.1. The maximum absolute atomic E-state index is 15.6. The number of nitrogens with zero attached hydrogens (tertiary/aromatic N) is 3. The lowest BCUT2D eigenvalue weighted by Gasteiger charge is -2.23. The van der Waals surface area contributed by atoms with Gasteiger partial charge < -0.3 is 4.90 Å². The second kappa shape index (κ2) is 7.03. The number of rotatable bonds is 3. The Kier molecular flexibility index (Phi) is 4.72. The van der Waals surface area contributed by atoms with Crippen molar-refractivity contribution in [2.24, 2.45) is 0 Å². The number of hydrogen-bond donors (Lipinski definition) is 0. The van der Waals surface area contributed by atoms with Crippen LogP contribution in [0.2, 0.25) is 9.49 Å². The zero-order valence-electron chi connectivity index (χ0n) is 13.9. The molecule has 0 atom stereocenters. The molecule has 0 spiro atoms. The first-order chi connectivity index (χ1) is 13.0. The Morgan fingerprint density at radius 3 is 2.59 bits per heavy atom. The van der Waals surface area contributed by atoms with Crippen LogP contribution >= 0.6 is 34.5 Å². The Morgan fingerprint density at radius 2 is 1.89 bits per heavy atom. The number of benzene rings is 1. The van der Waals surface area contributed by atoms with E-state index in [4.69, 9.17) is 23.2 Å². The van der Waals surface area contributed by atoms with E-state index in [1.54, 1.807) is 43.4 Å². The van der Waals surface area contributed by atoms with Crippen molar-refractivity contribution in [3.05, 3.63) is 69.8 Å². The highest BCUT2D eigenvalue weighted by molar-refractivity contribution is 7.19. The standard InChI is InChI=1S/C19H11Cl2F2N3S/c1-26(10-7-8-24-14(20)9-10)19-16-11(22)3-2-4-12(16)25-18(17(19)23)13-5-6-15(21)27-13/h2-9H,1H3. The third-order valence-electron chi connectivity index (χ3n) is 4.12. The largest absolute Gasteiger partial charge is 0.341 e. The summed E-state index contributed by atoms with van der Waals surface area (Å²) >= 11 is 13.2. The van der Waals surface area contributed by atoms with E-state index in [-0.39, 0.29) is 21.9 Å². The van der Waals surface area contributed by atoms with Crippen molar-refractivity contribution in [3.63, 3.8) is 0 Å². The number of aromatic nitrogens is 2. The highest BCUT2D eigenvalue weighted by Crippen LogP contribution is 2.41. The van der Waals surface area contributed by atoms with Crippen LogP contribution in [-0.4, -0.2) is 17.0 Å². The molecule has 3 heterocycles. The smallest absolute Gasteiger partial charge is 0.174 e. The molecule has 0 aliphatic carbocycles. The van der Waals surface area contributed by atoms with Crippen molar-refractivity contribution in [2.75, 3.05) is 11.9 Å². The van der Waals surface area contributed by atoms with Crippen molar-refractivity contribution in [3.8, 4) is 10.6 Å². The lowest BCUT2D eigenvalue weighted by Crippen LogP contribution is -2.14. The van der Waals surface area contributed by atoms with Gasteiger partial charge in [-0.05, 0) is 36.4 Å². The Morgan fingerprint density at radius 1 is 1.07 bits per heavy atom. The minimum Gasteiger partial charge on any atom is -0.341 e. The lowest BCUT2D eigenvalue weighted by atomic mass is 10.1. The molecule has 1 aromatic carbocycles. The van der Waals surface area contributed by atoms with E-state index in [0.717, 1.165) is 0 Å². The molecule has 3 aromatic heterocycles. The summed E-state index contributed by atoms with van der Waals surface area (Å²) in [4.78, 5) is 10.4. The molecule has 0 unspecified atom stereocenters. The van der Waals surface area contributed by atoms with Gasteiger partial charge in [-0.1, -0.05) is 29.3 Å². The third kappa shape index (κ3) is 3.25. The third-order valence-corrected chi connectivity index (χ3v) is 5.56. The highest BCUT2D eigenvalue weighted by Gasteiger charge is 2.23. The van der Waals surface area contributed by atoms with Gasteiger partial charge in [-0.2, -0.15) is 0 Å². The summed E-state index contributed by atoms with van der Waals surface area (Å²) in [5, 5.41) is 0.348. The maximum atomic E-state index is 15.6. The molecule has 0 radical (unpaired) electrons. The summed E-state index contributed by atoms with van der Waals surface area (Å²) in [6.45, 7) is 0. The Labute approximate surface area is 167 Å². The SMILES string of the molecule is CN(c1ccnc(Cl)c1)c1c(F)c(-c2ccc(Cl)s2)nc2cccc(F)c12. The Bertz CT molecular complexity index is 1160. The summed E-state index contributed by atoms with van der Waals surface area (Å²) < 4.78 is 30.7. The average molecular weight is 422 g/mol. The number of anilines is 2. The predicted octanol–water partition coefficient (Wildman–Crippen LogP) is 6.71. The molecule has 27 heavy (non-hydrogen) atoms. The summed E-state index contributed by atoms with van der Waals surface area (Å²) in [6, 6.07) is 11.1. The van der Waals surface area contributed by atoms with Gasteiger partial charge in [-0.25, -0.2) is 18.7 Å². The molecule has 0 N–H and O–H groups in total. The summed E-state index contributed by atoms with van der Waals surface area (Å²) in [5.74, 6) is -1.20. The maximum Gasteiger partial charge on any atom is 0.174 e. The average Bonchev–Trinajstić information content (AvgIpc) is 3.07. The van der Waals surface area contributed by atoms with Crippen LogP contribution in [0.25, 0.3) is 21.5 Å².